The van der Waals surface area contributed by atoms with E-state index < -0.39 is 0 Å². The third-order valence-electron chi connectivity index (χ3n) is 3.96. The van der Waals surface area contributed by atoms with E-state index in [4.69, 9.17) is 5.73 Å². The molecule has 0 spiro atoms. The Bertz CT molecular complexity index is 435. The fraction of sp³-hybridized carbons (Fsp3) is 0.600. The second-order valence-corrected chi connectivity index (χ2v) is 5.52. The van der Waals surface area contributed by atoms with Gasteiger partial charge in [0, 0.05) is 13.6 Å². The van der Waals surface area contributed by atoms with Crippen molar-refractivity contribution >= 4 is 11.9 Å². The number of hydrogen-bond donors (Lipinski definition) is 2. The van der Waals surface area contributed by atoms with E-state index in [0.717, 1.165) is 0 Å². The van der Waals surface area contributed by atoms with Crippen molar-refractivity contribution in [1.82, 2.24) is 10.2 Å². The lowest BCUT2D eigenvalue weighted by Crippen LogP contribution is -2.36. The molecule has 2 amide bonds. The lowest BCUT2D eigenvalue weighted by molar-refractivity contribution is 0.232. The maximum atomic E-state index is 11.6. The standard InChI is InChI=1S/C15H24N4O/c1-11(8-9-12-6-4-3-5-7-12)17-14-13(10-16)18-15(20)19(14)2/h8-9,12-13H,1,3-7,10,16H2,2H3,(H,18,20)/b9-8+,17-14+. The largest absolute Gasteiger partial charge is 0.328 e. The number of likely N-dealkylation sites (N-methyl/N-ethyl adjacent to an activating group) is 1. The third kappa shape index (κ3) is 3.48. The van der Waals surface area contributed by atoms with Crippen LogP contribution in [0.3, 0.4) is 0 Å². The highest BCUT2D eigenvalue weighted by Gasteiger charge is 2.32. The summed E-state index contributed by atoms with van der Waals surface area (Å²) in [5, 5.41) is 2.78. The lowest BCUT2D eigenvalue weighted by Gasteiger charge is -2.17. The number of carbonyl (C=O) groups is 1. The topological polar surface area (TPSA) is 70.7 Å². The first kappa shape index (κ1) is 14.8. The molecule has 1 aliphatic carbocycles. The average Bonchev–Trinajstić information content (AvgIpc) is 2.74. The molecule has 2 aliphatic rings. The zero-order valence-electron chi connectivity index (χ0n) is 12.1. The van der Waals surface area contributed by atoms with E-state index in [1.54, 1.807) is 7.05 Å². The molecule has 2 rings (SSSR count). The van der Waals surface area contributed by atoms with Gasteiger partial charge in [0.25, 0.3) is 0 Å². The molecule has 0 bridgehead atoms. The second kappa shape index (κ2) is 6.70. The summed E-state index contributed by atoms with van der Waals surface area (Å²) in [5.74, 6) is 1.29. The van der Waals surface area contributed by atoms with Gasteiger partial charge in [-0.15, -0.1) is 0 Å². The van der Waals surface area contributed by atoms with Gasteiger partial charge in [-0.25, -0.2) is 9.79 Å². The number of urea groups is 1. The van der Waals surface area contributed by atoms with Crippen LogP contribution >= 0.6 is 0 Å². The summed E-state index contributed by atoms with van der Waals surface area (Å²) in [4.78, 5) is 17.5. The Morgan fingerprint density at radius 2 is 2.20 bits per heavy atom. The summed E-state index contributed by atoms with van der Waals surface area (Å²) in [5.41, 5.74) is 6.32. The van der Waals surface area contributed by atoms with E-state index in [-0.39, 0.29) is 12.1 Å². The van der Waals surface area contributed by atoms with Crippen LogP contribution < -0.4 is 11.1 Å². The summed E-state index contributed by atoms with van der Waals surface area (Å²) in [6.07, 6.45) is 10.7. The number of nitrogens with zero attached hydrogens (tertiary/aromatic N) is 2. The molecule has 5 nitrogen and oxygen atoms in total. The Balaban J connectivity index is 1.99. The van der Waals surface area contributed by atoms with Gasteiger partial charge in [0.2, 0.25) is 0 Å². The number of nitrogens with two attached hydrogens (primary N) is 1. The fourth-order valence-corrected chi connectivity index (χ4v) is 2.72. The van der Waals surface area contributed by atoms with Gasteiger partial charge >= 0.3 is 6.03 Å². The van der Waals surface area contributed by atoms with Crippen LogP contribution in [0.2, 0.25) is 0 Å². The zero-order valence-corrected chi connectivity index (χ0v) is 12.1. The minimum Gasteiger partial charge on any atom is -0.328 e. The summed E-state index contributed by atoms with van der Waals surface area (Å²) in [7, 11) is 1.70. The molecule has 0 aromatic carbocycles. The summed E-state index contributed by atoms with van der Waals surface area (Å²) >= 11 is 0. The molecule has 0 aromatic rings. The zero-order chi connectivity index (χ0) is 14.5. The van der Waals surface area contributed by atoms with Crippen LogP contribution in [-0.4, -0.2) is 36.4 Å². The molecule has 0 radical (unpaired) electrons. The molecule has 3 N–H and O–H groups in total. The predicted molar refractivity (Wildman–Crippen MR) is 81.4 cm³/mol. The van der Waals surface area contributed by atoms with Gasteiger partial charge in [0.1, 0.15) is 11.9 Å². The molecular weight excluding hydrogens is 252 g/mol. The molecule has 1 unspecified atom stereocenters. The molecular formula is C15H24N4O. The van der Waals surface area contributed by atoms with E-state index in [1.165, 1.54) is 37.0 Å². The van der Waals surface area contributed by atoms with Gasteiger partial charge in [-0.1, -0.05) is 31.9 Å². The van der Waals surface area contributed by atoms with Crippen LogP contribution in [0.4, 0.5) is 4.79 Å². The first-order valence-corrected chi connectivity index (χ1v) is 7.32. The number of rotatable bonds is 4. The van der Waals surface area contributed by atoms with Crippen molar-refractivity contribution in [2.24, 2.45) is 16.6 Å². The van der Waals surface area contributed by atoms with Crippen LogP contribution in [0.5, 0.6) is 0 Å². The summed E-state index contributed by atoms with van der Waals surface area (Å²) in [6.45, 7) is 4.29. The lowest BCUT2D eigenvalue weighted by atomic mass is 9.89. The van der Waals surface area contributed by atoms with E-state index in [9.17, 15) is 4.79 Å². The van der Waals surface area contributed by atoms with E-state index in [2.05, 4.69) is 23.0 Å². The van der Waals surface area contributed by atoms with Crippen molar-refractivity contribution in [2.75, 3.05) is 13.6 Å². The van der Waals surface area contributed by atoms with Crippen molar-refractivity contribution in [2.45, 2.75) is 38.1 Å². The monoisotopic (exact) mass is 276 g/mol. The molecule has 2 fully saturated rings. The van der Waals surface area contributed by atoms with E-state index >= 15 is 0 Å². The molecule has 5 heteroatoms. The Kier molecular flexibility index (Phi) is 4.95. The molecule has 1 saturated carbocycles. The Morgan fingerprint density at radius 1 is 1.50 bits per heavy atom. The summed E-state index contributed by atoms with van der Waals surface area (Å²) in [6, 6.07) is -0.379. The van der Waals surface area contributed by atoms with Gasteiger partial charge in [-0.2, -0.15) is 0 Å². The Morgan fingerprint density at radius 3 is 2.85 bits per heavy atom. The first-order chi connectivity index (χ1) is 9.61. The third-order valence-corrected chi connectivity index (χ3v) is 3.96. The molecule has 1 saturated heterocycles. The maximum Gasteiger partial charge on any atom is 0.323 e. The number of nitrogens with one attached hydrogen (secondary N) is 1. The van der Waals surface area contributed by atoms with E-state index in [1.807, 2.05) is 6.08 Å². The van der Waals surface area contributed by atoms with Gasteiger partial charge in [-0.05, 0) is 24.8 Å². The molecule has 1 aliphatic heterocycles. The molecule has 1 atom stereocenters. The van der Waals surface area contributed by atoms with Gasteiger partial charge in [-0.3, -0.25) is 4.90 Å². The average molecular weight is 276 g/mol. The Hall–Kier alpha value is -1.62. The van der Waals surface area contributed by atoms with Crippen molar-refractivity contribution in [3.05, 3.63) is 24.4 Å². The minimum atomic E-state index is -0.215. The quantitative estimate of drug-likeness (QED) is 0.771. The number of hydrogen-bond acceptors (Lipinski definition) is 3. The van der Waals surface area contributed by atoms with Crippen LogP contribution in [0, 0.1) is 5.92 Å². The molecule has 20 heavy (non-hydrogen) atoms. The second-order valence-electron chi connectivity index (χ2n) is 5.52. The van der Waals surface area contributed by atoms with Crippen molar-refractivity contribution in [3.8, 4) is 0 Å². The smallest absolute Gasteiger partial charge is 0.323 e. The van der Waals surface area contributed by atoms with Crippen molar-refractivity contribution < 1.29 is 4.79 Å². The normalized spacial score (nSPS) is 26.5. The molecule has 0 aromatic heterocycles. The number of amides is 2. The maximum absolute atomic E-state index is 11.6. The van der Waals surface area contributed by atoms with E-state index in [0.29, 0.717) is 24.0 Å². The molecule has 1 heterocycles. The van der Waals surface area contributed by atoms with Gasteiger partial charge in [0.05, 0.1) is 5.70 Å². The number of amidine groups is 1. The molecule has 110 valence electrons. The number of carbonyl (C=O) groups excluding carboxylic acids is 1. The van der Waals surface area contributed by atoms with Crippen LogP contribution in [0.15, 0.2) is 29.4 Å². The highest BCUT2D eigenvalue weighted by molar-refractivity contribution is 6.07. The van der Waals surface area contributed by atoms with Crippen molar-refractivity contribution in [1.29, 1.82) is 0 Å². The predicted octanol–water partition coefficient (Wildman–Crippen LogP) is 2.02. The minimum absolute atomic E-state index is 0.164. The summed E-state index contributed by atoms with van der Waals surface area (Å²) < 4.78 is 0. The highest BCUT2D eigenvalue weighted by atomic mass is 16.2. The van der Waals surface area contributed by atoms with Crippen molar-refractivity contribution in [3.63, 3.8) is 0 Å². The Labute approximate surface area is 120 Å². The van der Waals surface area contributed by atoms with Gasteiger partial charge in [0.15, 0.2) is 0 Å². The number of allylic oxidation sites excluding steroid dienone is 2. The van der Waals surface area contributed by atoms with Crippen LogP contribution in [-0.2, 0) is 0 Å². The van der Waals surface area contributed by atoms with Crippen LogP contribution in [0.25, 0.3) is 0 Å². The highest BCUT2D eigenvalue weighted by Crippen LogP contribution is 2.25. The first-order valence-electron chi connectivity index (χ1n) is 7.32. The van der Waals surface area contributed by atoms with Crippen LogP contribution in [0.1, 0.15) is 32.1 Å². The SMILES string of the molecule is C=C(/C=C/C1CCCCC1)/N=C1\C(CN)NC(=O)N1C. The van der Waals surface area contributed by atoms with Gasteiger partial charge < -0.3 is 11.1 Å². The fourth-order valence-electron chi connectivity index (χ4n) is 2.72. The number of aliphatic imine (C=N–C) groups is 1.